The fraction of sp³-hybridized carbons (Fsp3) is 0.636. The Kier molecular flexibility index (Phi) is 5.28. The molecule has 0 aliphatic carbocycles. The Hall–Kier alpha value is -2.12. The number of nitrogens with one attached hydrogen (secondary N) is 2. The zero-order valence-electron chi connectivity index (χ0n) is 10.6. The van der Waals surface area contributed by atoms with Crippen LogP contribution in [0.2, 0.25) is 0 Å². The van der Waals surface area contributed by atoms with Gasteiger partial charge < -0.3 is 15.3 Å². The fourth-order valence-corrected chi connectivity index (χ4v) is 1.71. The molecule has 1 aliphatic rings. The van der Waals surface area contributed by atoms with E-state index in [0.717, 1.165) is 4.90 Å². The van der Waals surface area contributed by atoms with Crippen LogP contribution in [-0.4, -0.2) is 53.0 Å². The summed E-state index contributed by atoms with van der Waals surface area (Å²) in [4.78, 5) is 45.4. The number of carboxylic acids is 1. The number of urea groups is 1. The van der Waals surface area contributed by atoms with Gasteiger partial charge in [0.1, 0.15) is 13.1 Å². The minimum absolute atomic E-state index is 0.0464. The third kappa shape index (κ3) is 5.36. The van der Waals surface area contributed by atoms with Gasteiger partial charge in [0.15, 0.2) is 0 Å². The molecule has 0 aromatic carbocycles. The third-order valence-corrected chi connectivity index (χ3v) is 2.63. The first kappa shape index (κ1) is 14.9. The maximum Gasteiger partial charge on any atom is 0.318 e. The van der Waals surface area contributed by atoms with Gasteiger partial charge in [-0.1, -0.05) is 0 Å². The van der Waals surface area contributed by atoms with Gasteiger partial charge in [-0.15, -0.1) is 0 Å². The van der Waals surface area contributed by atoms with Crippen LogP contribution in [0.25, 0.3) is 0 Å². The summed E-state index contributed by atoms with van der Waals surface area (Å²) in [7, 11) is 0. The van der Waals surface area contributed by atoms with Gasteiger partial charge in [0, 0.05) is 12.5 Å². The summed E-state index contributed by atoms with van der Waals surface area (Å²) >= 11 is 0. The minimum Gasteiger partial charge on any atom is -0.481 e. The van der Waals surface area contributed by atoms with Crippen LogP contribution < -0.4 is 10.6 Å². The summed E-state index contributed by atoms with van der Waals surface area (Å²) in [5, 5.41) is 13.2. The standard InChI is InChI=1S/C11H17N3O5/c1-7(3-2-4-10(17)18)12-11(19)14-5-8(15)13-9(16)6-14/h7H,2-6H2,1H3,(H,12,19)(H,17,18)(H,13,15,16). The van der Waals surface area contributed by atoms with E-state index in [1.807, 2.05) is 0 Å². The summed E-state index contributed by atoms with van der Waals surface area (Å²) in [5.41, 5.74) is 0. The Labute approximate surface area is 110 Å². The first-order valence-corrected chi connectivity index (χ1v) is 5.98. The summed E-state index contributed by atoms with van der Waals surface area (Å²) in [6.45, 7) is 1.43. The van der Waals surface area contributed by atoms with Crippen molar-refractivity contribution in [1.82, 2.24) is 15.5 Å². The van der Waals surface area contributed by atoms with E-state index in [-0.39, 0.29) is 25.6 Å². The number of rotatable bonds is 5. The number of amides is 4. The number of carboxylic acid groups (broad SMARTS) is 1. The van der Waals surface area contributed by atoms with Gasteiger partial charge in [-0.25, -0.2) is 4.79 Å². The molecular formula is C11H17N3O5. The molecule has 1 atom stereocenters. The van der Waals surface area contributed by atoms with Gasteiger partial charge in [-0.05, 0) is 19.8 Å². The average Bonchev–Trinajstić information content (AvgIpc) is 2.26. The predicted octanol–water partition coefficient (Wildman–Crippen LogP) is -0.702. The number of aliphatic carboxylic acids is 1. The fourth-order valence-electron chi connectivity index (χ4n) is 1.71. The molecule has 19 heavy (non-hydrogen) atoms. The first-order chi connectivity index (χ1) is 8.88. The highest BCUT2D eigenvalue weighted by Gasteiger charge is 2.26. The van der Waals surface area contributed by atoms with Gasteiger partial charge in [0.2, 0.25) is 11.8 Å². The maximum atomic E-state index is 11.8. The molecule has 106 valence electrons. The lowest BCUT2D eigenvalue weighted by Crippen LogP contribution is -2.56. The van der Waals surface area contributed by atoms with Crippen molar-refractivity contribution in [3.63, 3.8) is 0 Å². The number of piperazine rings is 1. The second-order valence-corrected chi connectivity index (χ2v) is 4.46. The highest BCUT2D eigenvalue weighted by Crippen LogP contribution is 2.02. The van der Waals surface area contributed by atoms with E-state index >= 15 is 0 Å². The monoisotopic (exact) mass is 271 g/mol. The zero-order chi connectivity index (χ0) is 14.4. The molecule has 0 radical (unpaired) electrons. The first-order valence-electron chi connectivity index (χ1n) is 5.98. The lowest BCUT2D eigenvalue weighted by atomic mass is 10.1. The Balaban J connectivity index is 2.35. The highest BCUT2D eigenvalue weighted by atomic mass is 16.4. The van der Waals surface area contributed by atoms with Crippen LogP contribution in [0.4, 0.5) is 4.79 Å². The van der Waals surface area contributed by atoms with Crippen LogP contribution in [-0.2, 0) is 14.4 Å². The van der Waals surface area contributed by atoms with E-state index in [1.54, 1.807) is 6.92 Å². The van der Waals surface area contributed by atoms with Crippen molar-refractivity contribution < 1.29 is 24.3 Å². The van der Waals surface area contributed by atoms with Crippen molar-refractivity contribution in [3.05, 3.63) is 0 Å². The number of nitrogens with zero attached hydrogens (tertiary/aromatic N) is 1. The molecule has 1 aliphatic heterocycles. The van der Waals surface area contributed by atoms with E-state index in [2.05, 4.69) is 10.6 Å². The lowest BCUT2D eigenvalue weighted by Gasteiger charge is -2.27. The van der Waals surface area contributed by atoms with Crippen LogP contribution in [0, 0.1) is 0 Å². The number of carbonyl (C=O) groups is 4. The average molecular weight is 271 g/mol. The van der Waals surface area contributed by atoms with E-state index in [4.69, 9.17) is 5.11 Å². The molecule has 1 saturated heterocycles. The second kappa shape index (κ2) is 6.72. The molecule has 1 fully saturated rings. The number of hydrogen-bond donors (Lipinski definition) is 3. The van der Waals surface area contributed by atoms with E-state index in [9.17, 15) is 19.2 Å². The molecule has 0 aromatic rings. The van der Waals surface area contributed by atoms with Crippen molar-refractivity contribution in [3.8, 4) is 0 Å². The van der Waals surface area contributed by atoms with Crippen LogP contribution in [0.5, 0.6) is 0 Å². The molecule has 8 heteroatoms. The summed E-state index contributed by atoms with van der Waals surface area (Å²) in [6.07, 6.45) is 1.02. The van der Waals surface area contributed by atoms with Gasteiger partial charge in [-0.3, -0.25) is 19.7 Å². The van der Waals surface area contributed by atoms with Crippen molar-refractivity contribution in [2.75, 3.05) is 13.1 Å². The van der Waals surface area contributed by atoms with E-state index in [1.165, 1.54) is 0 Å². The topological polar surface area (TPSA) is 116 Å². The van der Waals surface area contributed by atoms with Crippen molar-refractivity contribution >= 4 is 23.8 Å². The quantitative estimate of drug-likeness (QED) is 0.572. The Morgan fingerprint density at radius 3 is 2.47 bits per heavy atom. The largest absolute Gasteiger partial charge is 0.481 e. The smallest absolute Gasteiger partial charge is 0.318 e. The maximum absolute atomic E-state index is 11.8. The molecule has 1 rings (SSSR count). The summed E-state index contributed by atoms with van der Waals surface area (Å²) < 4.78 is 0. The zero-order valence-corrected chi connectivity index (χ0v) is 10.6. The van der Waals surface area contributed by atoms with Gasteiger partial charge in [0.25, 0.3) is 0 Å². The minimum atomic E-state index is -0.878. The molecule has 0 saturated carbocycles. The second-order valence-electron chi connectivity index (χ2n) is 4.46. The number of hydrogen-bond acceptors (Lipinski definition) is 4. The Bertz CT molecular complexity index is 380. The number of carbonyl (C=O) groups excluding carboxylic acids is 3. The molecule has 8 nitrogen and oxygen atoms in total. The SMILES string of the molecule is CC(CCCC(=O)O)NC(=O)N1CC(=O)NC(=O)C1. The molecule has 1 unspecified atom stereocenters. The van der Waals surface area contributed by atoms with Crippen LogP contribution >= 0.6 is 0 Å². The van der Waals surface area contributed by atoms with E-state index < -0.39 is 23.8 Å². The number of imide groups is 1. The van der Waals surface area contributed by atoms with E-state index in [0.29, 0.717) is 12.8 Å². The van der Waals surface area contributed by atoms with Gasteiger partial charge >= 0.3 is 12.0 Å². The van der Waals surface area contributed by atoms with Gasteiger partial charge in [0.05, 0.1) is 0 Å². The molecular weight excluding hydrogens is 254 g/mol. The molecule has 0 spiro atoms. The molecule has 3 N–H and O–H groups in total. The normalized spacial score (nSPS) is 16.8. The van der Waals surface area contributed by atoms with Crippen molar-refractivity contribution in [2.24, 2.45) is 0 Å². The van der Waals surface area contributed by atoms with Crippen LogP contribution in [0.1, 0.15) is 26.2 Å². The molecule has 4 amide bonds. The van der Waals surface area contributed by atoms with Crippen LogP contribution in [0.3, 0.4) is 0 Å². The summed E-state index contributed by atoms with van der Waals surface area (Å²) in [5.74, 6) is -1.90. The van der Waals surface area contributed by atoms with Crippen molar-refractivity contribution in [1.29, 1.82) is 0 Å². The van der Waals surface area contributed by atoms with Crippen molar-refractivity contribution in [2.45, 2.75) is 32.2 Å². The van der Waals surface area contributed by atoms with Gasteiger partial charge in [-0.2, -0.15) is 0 Å². The highest BCUT2D eigenvalue weighted by molar-refractivity contribution is 6.02. The Morgan fingerprint density at radius 1 is 1.37 bits per heavy atom. The van der Waals surface area contributed by atoms with Crippen LogP contribution in [0.15, 0.2) is 0 Å². The Morgan fingerprint density at radius 2 is 1.95 bits per heavy atom. The third-order valence-electron chi connectivity index (χ3n) is 2.63. The molecule has 0 aromatic heterocycles. The molecule has 0 bridgehead atoms. The lowest BCUT2D eigenvalue weighted by molar-refractivity contribution is -0.137. The molecule has 1 heterocycles. The summed E-state index contributed by atoms with van der Waals surface area (Å²) in [6, 6.07) is -0.710. The predicted molar refractivity (Wildman–Crippen MR) is 64.2 cm³/mol.